The molecule has 1 N–H and O–H groups in total. The number of nitrogens with one attached hydrogen (secondary N) is 1. The fourth-order valence-electron chi connectivity index (χ4n) is 1.87. The van der Waals surface area contributed by atoms with E-state index in [0.717, 1.165) is 12.5 Å². The lowest BCUT2D eigenvalue weighted by atomic mass is 9.91. The minimum absolute atomic E-state index is 0.730. The van der Waals surface area contributed by atoms with Gasteiger partial charge in [-0.15, -0.1) is 0 Å². The molecule has 14 heavy (non-hydrogen) atoms. The average Bonchev–Trinajstić information content (AvgIpc) is 2.25. The summed E-state index contributed by atoms with van der Waals surface area (Å²) in [6.07, 6.45) is 3.81. The second kappa shape index (κ2) is 6.61. The standard InChI is InChI=1S/C13H21N/c1-3-7-12(10-11-14-2)13-8-5-4-6-9-13/h4-6,8-9,12,14H,3,7,10-11H2,1-2H3. The molecule has 0 bridgehead atoms. The molecule has 1 nitrogen and oxygen atoms in total. The van der Waals surface area contributed by atoms with Crippen molar-refractivity contribution in [1.29, 1.82) is 0 Å². The van der Waals surface area contributed by atoms with Crippen molar-refractivity contribution in [2.24, 2.45) is 0 Å². The highest BCUT2D eigenvalue weighted by Crippen LogP contribution is 2.23. The van der Waals surface area contributed by atoms with Crippen LogP contribution in [0.3, 0.4) is 0 Å². The predicted molar refractivity (Wildman–Crippen MR) is 62.6 cm³/mol. The Kier molecular flexibility index (Phi) is 5.31. The van der Waals surface area contributed by atoms with Crippen LogP contribution in [0.2, 0.25) is 0 Å². The summed E-state index contributed by atoms with van der Waals surface area (Å²) in [4.78, 5) is 0. The van der Waals surface area contributed by atoms with E-state index >= 15 is 0 Å². The van der Waals surface area contributed by atoms with Crippen molar-refractivity contribution in [2.75, 3.05) is 13.6 Å². The smallest absolute Gasteiger partial charge is 0.00461 e. The summed E-state index contributed by atoms with van der Waals surface area (Å²) in [5.41, 5.74) is 1.49. The molecule has 78 valence electrons. The van der Waals surface area contributed by atoms with E-state index in [1.54, 1.807) is 0 Å². The van der Waals surface area contributed by atoms with Crippen LogP contribution in [0.15, 0.2) is 30.3 Å². The van der Waals surface area contributed by atoms with Crippen molar-refractivity contribution in [3.8, 4) is 0 Å². The Hall–Kier alpha value is -0.820. The maximum Gasteiger partial charge on any atom is -0.00461 e. The van der Waals surface area contributed by atoms with Crippen molar-refractivity contribution < 1.29 is 0 Å². The summed E-state index contributed by atoms with van der Waals surface area (Å²) < 4.78 is 0. The van der Waals surface area contributed by atoms with Crippen LogP contribution in [0.25, 0.3) is 0 Å². The third-order valence-electron chi connectivity index (χ3n) is 2.65. The molecule has 0 heterocycles. The molecule has 0 amide bonds. The molecule has 1 aromatic carbocycles. The van der Waals surface area contributed by atoms with Crippen molar-refractivity contribution in [3.05, 3.63) is 35.9 Å². The lowest BCUT2D eigenvalue weighted by Crippen LogP contribution is -2.12. The van der Waals surface area contributed by atoms with E-state index in [2.05, 4.69) is 42.6 Å². The van der Waals surface area contributed by atoms with Gasteiger partial charge in [0.15, 0.2) is 0 Å². The number of hydrogen-bond donors (Lipinski definition) is 1. The Labute approximate surface area is 87.5 Å². The number of rotatable bonds is 6. The van der Waals surface area contributed by atoms with Gasteiger partial charge in [0.1, 0.15) is 0 Å². The first kappa shape index (κ1) is 11.3. The lowest BCUT2D eigenvalue weighted by molar-refractivity contribution is 0.551. The summed E-state index contributed by atoms with van der Waals surface area (Å²) in [7, 11) is 2.02. The molecule has 0 saturated heterocycles. The molecule has 1 atom stereocenters. The van der Waals surface area contributed by atoms with Crippen molar-refractivity contribution in [2.45, 2.75) is 32.1 Å². The van der Waals surface area contributed by atoms with Crippen LogP contribution in [0, 0.1) is 0 Å². The molecule has 0 aliphatic carbocycles. The van der Waals surface area contributed by atoms with E-state index in [0.29, 0.717) is 0 Å². The van der Waals surface area contributed by atoms with Crippen LogP contribution in [-0.4, -0.2) is 13.6 Å². The van der Waals surface area contributed by atoms with Gasteiger partial charge >= 0.3 is 0 Å². The number of hydrogen-bond acceptors (Lipinski definition) is 1. The van der Waals surface area contributed by atoms with Crippen molar-refractivity contribution in [1.82, 2.24) is 5.32 Å². The molecule has 1 unspecified atom stereocenters. The maximum absolute atomic E-state index is 3.23. The van der Waals surface area contributed by atoms with Crippen molar-refractivity contribution >= 4 is 0 Å². The van der Waals surface area contributed by atoms with E-state index in [9.17, 15) is 0 Å². The summed E-state index contributed by atoms with van der Waals surface area (Å²) >= 11 is 0. The predicted octanol–water partition coefficient (Wildman–Crippen LogP) is 3.18. The van der Waals surface area contributed by atoms with Crippen LogP contribution in [-0.2, 0) is 0 Å². The Balaban J connectivity index is 2.58. The second-order valence-corrected chi connectivity index (χ2v) is 3.79. The topological polar surface area (TPSA) is 12.0 Å². The van der Waals surface area contributed by atoms with E-state index in [1.807, 2.05) is 7.05 Å². The molecular weight excluding hydrogens is 170 g/mol. The molecule has 0 radical (unpaired) electrons. The summed E-state index contributed by atoms with van der Waals surface area (Å²) in [5, 5.41) is 3.23. The van der Waals surface area contributed by atoms with Crippen LogP contribution in [0.4, 0.5) is 0 Å². The zero-order valence-electron chi connectivity index (χ0n) is 9.29. The molecule has 0 aliphatic heterocycles. The summed E-state index contributed by atoms with van der Waals surface area (Å²) in [6.45, 7) is 3.37. The van der Waals surface area contributed by atoms with Gasteiger partial charge in [-0.3, -0.25) is 0 Å². The highest BCUT2D eigenvalue weighted by Gasteiger charge is 2.08. The Bertz CT molecular complexity index is 230. The monoisotopic (exact) mass is 191 g/mol. The van der Waals surface area contributed by atoms with Gasteiger partial charge in [-0.05, 0) is 37.9 Å². The van der Waals surface area contributed by atoms with Crippen LogP contribution < -0.4 is 5.32 Å². The highest BCUT2D eigenvalue weighted by atomic mass is 14.8. The first-order valence-electron chi connectivity index (χ1n) is 5.58. The molecular formula is C13H21N. The first-order chi connectivity index (χ1) is 6.88. The minimum Gasteiger partial charge on any atom is -0.320 e. The van der Waals surface area contributed by atoms with E-state index in [-0.39, 0.29) is 0 Å². The molecule has 0 aliphatic rings. The van der Waals surface area contributed by atoms with Gasteiger partial charge < -0.3 is 5.32 Å². The fraction of sp³-hybridized carbons (Fsp3) is 0.538. The quantitative estimate of drug-likeness (QED) is 0.728. The van der Waals surface area contributed by atoms with Gasteiger partial charge in [0.05, 0.1) is 0 Å². The van der Waals surface area contributed by atoms with Crippen LogP contribution in [0.5, 0.6) is 0 Å². The van der Waals surface area contributed by atoms with E-state index in [4.69, 9.17) is 0 Å². The summed E-state index contributed by atoms with van der Waals surface area (Å²) in [6, 6.07) is 10.9. The van der Waals surface area contributed by atoms with Gasteiger partial charge in [-0.25, -0.2) is 0 Å². The molecule has 1 rings (SSSR count). The first-order valence-corrected chi connectivity index (χ1v) is 5.58. The SMILES string of the molecule is CCCC(CCNC)c1ccccc1. The Morgan fingerprint density at radius 2 is 1.86 bits per heavy atom. The molecule has 0 fully saturated rings. The zero-order valence-corrected chi connectivity index (χ0v) is 9.29. The number of benzene rings is 1. The van der Waals surface area contributed by atoms with Crippen LogP contribution >= 0.6 is 0 Å². The van der Waals surface area contributed by atoms with Crippen molar-refractivity contribution in [3.63, 3.8) is 0 Å². The molecule has 0 aromatic heterocycles. The molecule has 0 saturated carbocycles. The van der Waals surface area contributed by atoms with Gasteiger partial charge in [0, 0.05) is 0 Å². The van der Waals surface area contributed by atoms with E-state index in [1.165, 1.54) is 24.8 Å². The van der Waals surface area contributed by atoms with Gasteiger partial charge in [-0.1, -0.05) is 43.7 Å². The highest BCUT2D eigenvalue weighted by molar-refractivity contribution is 5.19. The fourth-order valence-corrected chi connectivity index (χ4v) is 1.87. The third-order valence-corrected chi connectivity index (χ3v) is 2.65. The summed E-state index contributed by atoms with van der Waals surface area (Å²) in [5.74, 6) is 0.730. The van der Waals surface area contributed by atoms with Crippen LogP contribution in [0.1, 0.15) is 37.7 Å². The zero-order chi connectivity index (χ0) is 10.2. The van der Waals surface area contributed by atoms with Gasteiger partial charge in [-0.2, -0.15) is 0 Å². The Morgan fingerprint density at radius 1 is 1.14 bits per heavy atom. The normalized spacial score (nSPS) is 12.7. The van der Waals surface area contributed by atoms with Gasteiger partial charge in [0.25, 0.3) is 0 Å². The van der Waals surface area contributed by atoms with E-state index < -0.39 is 0 Å². The molecule has 1 aromatic rings. The lowest BCUT2D eigenvalue weighted by Gasteiger charge is -2.16. The second-order valence-electron chi connectivity index (χ2n) is 3.79. The minimum atomic E-state index is 0.730. The average molecular weight is 191 g/mol. The maximum atomic E-state index is 3.23. The molecule has 0 spiro atoms. The Morgan fingerprint density at radius 3 is 2.43 bits per heavy atom. The van der Waals surface area contributed by atoms with Gasteiger partial charge in [0.2, 0.25) is 0 Å². The third kappa shape index (κ3) is 3.51. The molecule has 1 heteroatoms. The largest absolute Gasteiger partial charge is 0.320 e.